The SMILES string of the molecule is Cc1ccc(-c2c3nc(c(-c4ccc(C)cc4)c4ccc([n-]4)c(-c4ccc(C(c5ccc(CP(=O)(O)O)cc5)(c5ccc(CP(=O)(O)O)cc5)c5ccc(CP(=O)(O)O)cc5)cc4)c4nc(c(-c5ccc(C)cc5)c5ccc2[n-]5)C=C4)C=C3)cc1.[Zn+2]. The molecule has 0 aliphatic carbocycles. The number of fused-ring (bicyclic) bond motifs is 8. The molecular formula is C69H57N4O9P3Zn. The van der Waals surface area contributed by atoms with Gasteiger partial charge in [-0.05, 0) is 129 Å². The molecule has 0 radical (unpaired) electrons. The van der Waals surface area contributed by atoms with Gasteiger partial charge in [0.05, 0.1) is 46.7 Å². The summed E-state index contributed by atoms with van der Waals surface area (Å²) in [5.74, 6) is 0. The van der Waals surface area contributed by atoms with Gasteiger partial charge >= 0.3 is 42.3 Å². The molecule has 10 aromatic rings. The molecule has 2 aliphatic rings. The molecule has 0 unspecified atom stereocenters. The maximum atomic E-state index is 12.3. The molecule has 17 heteroatoms. The van der Waals surface area contributed by atoms with E-state index < -0.39 is 46.7 Å². The summed E-state index contributed by atoms with van der Waals surface area (Å²) in [6.45, 7) is 6.18. The van der Waals surface area contributed by atoms with Crippen LogP contribution in [0, 0.1) is 20.8 Å². The van der Waals surface area contributed by atoms with Gasteiger partial charge in [-0.1, -0.05) is 211 Å². The van der Waals surface area contributed by atoms with Gasteiger partial charge in [-0.3, -0.25) is 13.7 Å². The zero-order chi connectivity index (χ0) is 59.4. The van der Waals surface area contributed by atoms with Crippen molar-refractivity contribution in [2.75, 3.05) is 0 Å². The Balaban J connectivity index is 0.00000768. The van der Waals surface area contributed by atoms with Gasteiger partial charge < -0.3 is 39.3 Å². The molecule has 0 fully saturated rings. The standard InChI is InChI=1S/C69H57N4O9P3.Zn/c1-43-4-16-49(17-5-43)65-57-32-34-59(70-57)66(50-18-6-44(2)7-19-50)61-36-38-63(72-61)68(64-39-37-62(73-64)67(60-35-33-58(65)71-60)51-20-8-45(3)9-21-51)52-22-30-56(31-23-52)69(53-24-10-46(11-25-53)40-83(74,75)76,54-26-12-47(13-27-54)41-84(77,78)79)55-28-14-48(15-29-55)42-85(80,81)82;/h4-39H,40-42H2,1-3H3,(H2,74,75,76)(H2,77,78,79)(H2,80,81,82);/q-2;+2. The third-order valence-electron chi connectivity index (χ3n) is 15.6. The molecule has 0 spiro atoms. The Hall–Kier alpha value is -7.79. The Morgan fingerprint density at radius 1 is 0.326 bits per heavy atom. The number of hydrogen-bond donors (Lipinski definition) is 6. The normalized spacial score (nSPS) is 12.6. The number of nitrogens with zero attached hydrogens (tertiary/aromatic N) is 4. The molecule has 6 N–H and O–H groups in total. The molecule has 12 rings (SSSR count). The minimum absolute atomic E-state index is 0. The van der Waals surface area contributed by atoms with Crippen LogP contribution in [0.25, 0.3) is 90.9 Å². The van der Waals surface area contributed by atoms with Gasteiger partial charge in [0.15, 0.2) is 0 Å². The monoisotopic (exact) mass is 1240 g/mol. The van der Waals surface area contributed by atoms with E-state index in [-0.39, 0.29) is 19.5 Å². The molecule has 0 saturated heterocycles. The summed E-state index contributed by atoms with van der Waals surface area (Å²) in [6, 6.07) is 62.0. The van der Waals surface area contributed by atoms with E-state index in [9.17, 15) is 43.1 Å². The molecule has 0 amide bonds. The van der Waals surface area contributed by atoms with Crippen molar-refractivity contribution in [3.63, 3.8) is 0 Å². The first-order valence-corrected chi connectivity index (χ1v) is 32.8. The maximum absolute atomic E-state index is 12.3. The molecule has 0 saturated carbocycles. The van der Waals surface area contributed by atoms with Crippen LogP contribution in [0.2, 0.25) is 0 Å². The Labute approximate surface area is 510 Å². The van der Waals surface area contributed by atoms with E-state index in [1.165, 1.54) is 0 Å². The van der Waals surface area contributed by atoms with Crippen LogP contribution in [0.4, 0.5) is 0 Å². The van der Waals surface area contributed by atoms with Crippen LogP contribution in [-0.4, -0.2) is 39.3 Å². The van der Waals surface area contributed by atoms with Gasteiger partial charge in [-0.25, -0.2) is 9.97 Å². The average molecular weight is 1240 g/mol. The first-order valence-electron chi connectivity index (χ1n) is 27.4. The molecule has 424 valence electrons. The summed E-state index contributed by atoms with van der Waals surface area (Å²) >= 11 is 0. The van der Waals surface area contributed by atoms with Gasteiger partial charge in [0.2, 0.25) is 0 Å². The molecule has 0 atom stereocenters. The zero-order valence-electron chi connectivity index (χ0n) is 47.2. The van der Waals surface area contributed by atoms with E-state index in [2.05, 4.69) is 93.6 Å². The van der Waals surface area contributed by atoms with Crippen LogP contribution in [-0.2, 0) is 57.1 Å². The Morgan fingerprint density at radius 2 is 0.535 bits per heavy atom. The summed E-state index contributed by atoms with van der Waals surface area (Å²) in [5.41, 5.74) is 18.5. The summed E-state index contributed by atoms with van der Waals surface area (Å²) in [7, 11) is -13.4. The number of rotatable bonds is 14. The van der Waals surface area contributed by atoms with Crippen LogP contribution < -0.4 is 9.97 Å². The fourth-order valence-electron chi connectivity index (χ4n) is 11.6. The zero-order valence-corrected chi connectivity index (χ0v) is 52.8. The minimum Gasteiger partial charge on any atom is -0.657 e. The second-order valence-electron chi connectivity index (χ2n) is 21.8. The van der Waals surface area contributed by atoms with E-state index in [0.29, 0.717) is 61.4 Å². The number of benzene rings is 7. The molecule has 3 aromatic heterocycles. The Kier molecular flexibility index (Phi) is 16.6. The van der Waals surface area contributed by atoms with E-state index in [4.69, 9.17) is 19.9 Å². The van der Waals surface area contributed by atoms with Gasteiger partial charge in [0, 0.05) is 0 Å². The smallest absolute Gasteiger partial charge is 0.657 e. The maximum Gasteiger partial charge on any atom is 2.00 e. The quantitative estimate of drug-likeness (QED) is 0.0339. The number of aryl methyl sites for hydroxylation is 3. The van der Waals surface area contributed by atoms with Crippen molar-refractivity contribution in [2.24, 2.45) is 0 Å². The molecule has 8 bridgehead atoms. The summed E-state index contributed by atoms with van der Waals surface area (Å²) in [6.07, 6.45) is 6.63. The second-order valence-corrected chi connectivity index (χ2v) is 26.8. The fourth-order valence-corrected chi connectivity index (χ4v) is 13.7. The third kappa shape index (κ3) is 12.6. The van der Waals surface area contributed by atoms with Crippen LogP contribution in [0.3, 0.4) is 0 Å². The fraction of sp³-hybridized carbons (Fsp3) is 0.101. The van der Waals surface area contributed by atoms with Gasteiger partial charge in [-0.15, -0.1) is 22.1 Å². The number of hydrogen-bond acceptors (Lipinski definition) is 5. The van der Waals surface area contributed by atoms with Crippen molar-refractivity contribution in [1.82, 2.24) is 19.9 Å². The van der Waals surface area contributed by atoms with Crippen LogP contribution in [0.5, 0.6) is 0 Å². The summed E-state index contributed by atoms with van der Waals surface area (Å²) in [4.78, 5) is 81.8. The first kappa shape index (κ1) is 59.9. The molecular weight excluding hydrogens is 1190 g/mol. The molecule has 2 aliphatic heterocycles. The Morgan fingerprint density at radius 3 is 0.756 bits per heavy atom. The molecule has 86 heavy (non-hydrogen) atoms. The van der Waals surface area contributed by atoms with E-state index >= 15 is 0 Å². The van der Waals surface area contributed by atoms with E-state index in [1.807, 2.05) is 72.8 Å². The van der Waals surface area contributed by atoms with Crippen LogP contribution in [0.1, 0.15) is 78.4 Å². The van der Waals surface area contributed by atoms with Crippen molar-refractivity contribution < 1.29 is 62.5 Å². The molecule has 5 heterocycles. The van der Waals surface area contributed by atoms with Crippen molar-refractivity contribution in [1.29, 1.82) is 0 Å². The topological polar surface area (TPSA) is 227 Å². The van der Waals surface area contributed by atoms with E-state index in [1.54, 1.807) is 72.8 Å². The summed E-state index contributed by atoms with van der Waals surface area (Å²) < 4.78 is 36.8. The average Bonchev–Trinajstić information content (AvgIpc) is 0.968. The Bertz CT molecular complexity index is 4400. The van der Waals surface area contributed by atoms with Crippen molar-refractivity contribution >= 4 is 69.2 Å². The molecule has 7 aromatic carbocycles. The van der Waals surface area contributed by atoms with Crippen molar-refractivity contribution in [3.05, 3.63) is 273 Å². The van der Waals surface area contributed by atoms with E-state index in [0.717, 1.165) is 83.6 Å². The second kappa shape index (κ2) is 23.8. The predicted octanol–water partition coefficient (Wildman–Crippen LogP) is 14.9. The third-order valence-corrected chi connectivity index (χ3v) is 17.9. The number of aromatic nitrogens is 4. The van der Waals surface area contributed by atoms with Crippen LogP contribution in [0.15, 0.2) is 194 Å². The largest absolute Gasteiger partial charge is 2.00 e. The minimum atomic E-state index is -4.46. The van der Waals surface area contributed by atoms with Gasteiger partial charge in [0.1, 0.15) is 0 Å². The predicted molar refractivity (Wildman–Crippen MR) is 338 cm³/mol. The van der Waals surface area contributed by atoms with Crippen molar-refractivity contribution in [3.8, 4) is 44.5 Å². The first-order chi connectivity index (χ1) is 40.6. The van der Waals surface area contributed by atoms with Gasteiger partial charge in [0.25, 0.3) is 0 Å². The van der Waals surface area contributed by atoms with Crippen molar-refractivity contribution in [2.45, 2.75) is 44.7 Å². The van der Waals surface area contributed by atoms with Gasteiger partial charge in [-0.2, -0.15) is 0 Å². The van der Waals surface area contributed by atoms with Crippen LogP contribution >= 0.6 is 22.8 Å². The molecule has 13 nitrogen and oxygen atoms in total. The summed E-state index contributed by atoms with van der Waals surface area (Å²) in [5, 5.41) is 0.